The number of carbonyl (C=O) groups is 1. The third-order valence-corrected chi connectivity index (χ3v) is 6.22. The normalized spacial score (nSPS) is 10.8. The molecule has 2 aromatic carbocycles. The van der Waals surface area contributed by atoms with Crippen molar-refractivity contribution in [3.8, 4) is 5.75 Å². The molecule has 1 N–H and O–H groups in total. The van der Waals surface area contributed by atoms with Gasteiger partial charge in [0.05, 0.1) is 12.1 Å². The molecule has 1 amide bonds. The molecule has 4 aromatic rings. The van der Waals surface area contributed by atoms with Crippen LogP contribution < -0.4 is 10.1 Å². The minimum atomic E-state index is -0.0929. The molecule has 0 aliphatic heterocycles. The second-order valence-electron chi connectivity index (χ2n) is 6.82. The van der Waals surface area contributed by atoms with Crippen molar-refractivity contribution in [3.63, 3.8) is 0 Å². The standard InChI is InChI=1S/C22H19ClN4O3S2/c1-14-2-6-16(7-3-14)24-19(28)10-21-25-17(12-31-21)13-32-22-27-26-20(30-22)11-29-18-8-4-15(23)5-9-18/h2-9,12H,10-11,13H2,1H3,(H,24,28). The average molecular weight is 487 g/mol. The van der Waals surface area contributed by atoms with Crippen molar-refractivity contribution in [3.05, 3.63) is 81.1 Å². The highest BCUT2D eigenvalue weighted by Crippen LogP contribution is 2.24. The zero-order valence-corrected chi connectivity index (χ0v) is 19.5. The molecule has 0 saturated heterocycles. The van der Waals surface area contributed by atoms with Crippen molar-refractivity contribution in [2.24, 2.45) is 0 Å². The van der Waals surface area contributed by atoms with E-state index in [4.69, 9.17) is 20.8 Å². The van der Waals surface area contributed by atoms with Crippen LogP contribution in [0.1, 0.15) is 22.2 Å². The number of ether oxygens (including phenoxy) is 1. The molecule has 0 spiro atoms. The number of aromatic nitrogens is 3. The molecule has 10 heteroatoms. The Balaban J connectivity index is 1.23. The Bertz CT molecular complexity index is 1180. The fraction of sp³-hybridized carbons (Fsp3) is 0.182. The number of anilines is 1. The average Bonchev–Trinajstić information content (AvgIpc) is 3.43. The Kier molecular flexibility index (Phi) is 7.41. The maximum Gasteiger partial charge on any atom is 0.277 e. The highest BCUT2D eigenvalue weighted by atomic mass is 35.5. The van der Waals surface area contributed by atoms with Gasteiger partial charge in [-0.05, 0) is 43.3 Å². The van der Waals surface area contributed by atoms with Gasteiger partial charge in [0.15, 0.2) is 6.61 Å². The van der Waals surface area contributed by atoms with Crippen LogP contribution in [-0.4, -0.2) is 21.1 Å². The molecule has 2 aromatic heterocycles. The molecule has 0 aliphatic rings. The first-order chi connectivity index (χ1) is 15.5. The van der Waals surface area contributed by atoms with Crippen LogP contribution in [0.15, 0.2) is 63.6 Å². The number of benzene rings is 2. The molecule has 0 unspecified atom stereocenters. The van der Waals surface area contributed by atoms with Crippen LogP contribution in [0.5, 0.6) is 5.75 Å². The molecular formula is C22H19ClN4O3S2. The van der Waals surface area contributed by atoms with Gasteiger partial charge in [-0.25, -0.2) is 4.98 Å². The van der Waals surface area contributed by atoms with Gasteiger partial charge in [-0.3, -0.25) is 4.79 Å². The largest absolute Gasteiger partial charge is 0.484 e. The van der Waals surface area contributed by atoms with E-state index in [-0.39, 0.29) is 18.9 Å². The highest BCUT2D eigenvalue weighted by Gasteiger charge is 2.12. The zero-order valence-electron chi connectivity index (χ0n) is 17.1. The summed E-state index contributed by atoms with van der Waals surface area (Å²) in [5.41, 5.74) is 2.78. The third kappa shape index (κ3) is 6.56. The van der Waals surface area contributed by atoms with Gasteiger partial charge in [0.2, 0.25) is 5.91 Å². The number of hydrogen-bond acceptors (Lipinski definition) is 8. The lowest BCUT2D eigenvalue weighted by molar-refractivity contribution is -0.115. The Morgan fingerprint density at radius 2 is 1.94 bits per heavy atom. The van der Waals surface area contributed by atoms with Gasteiger partial charge in [0.1, 0.15) is 10.8 Å². The quantitative estimate of drug-likeness (QED) is 0.310. The van der Waals surface area contributed by atoms with Gasteiger partial charge in [0.25, 0.3) is 11.1 Å². The minimum Gasteiger partial charge on any atom is -0.484 e. The summed E-state index contributed by atoms with van der Waals surface area (Å²) in [6.07, 6.45) is 0.232. The first-order valence-corrected chi connectivity index (χ1v) is 11.9. The number of amides is 1. The number of hydrogen-bond donors (Lipinski definition) is 1. The lowest BCUT2D eigenvalue weighted by atomic mass is 10.2. The first-order valence-electron chi connectivity index (χ1n) is 9.67. The SMILES string of the molecule is Cc1ccc(NC(=O)Cc2nc(CSc3nnc(COc4ccc(Cl)cc4)o3)cs2)cc1. The van der Waals surface area contributed by atoms with Crippen LogP contribution in [0.3, 0.4) is 0 Å². The van der Waals surface area contributed by atoms with E-state index in [9.17, 15) is 4.79 Å². The summed E-state index contributed by atoms with van der Waals surface area (Å²) >= 11 is 8.70. The summed E-state index contributed by atoms with van der Waals surface area (Å²) in [5.74, 6) is 1.53. The van der Waals surface area contributed by atoms with Crippen LogP contribution in [0.2, 0.25) is 5.02 Å². The summed E-state index contributed by atoms with van der Waals surface area (Å²) in [4.78, 5) is 16.8. The maximum atomic E-state index is 12.2. The van der Waals surface area contributed by atoms with Crippen molar-refractivity contribution in [2.45, 2.75) is 30.9 Å². The van der Waals surface area contributed by atoms with E-state index in [1.54, 1.807) is 24.3 Å². The Hall–Kier alpha value is -2.88. The highest BCUT2D eigenvalue weighted by molar-refractivity contribution is 7.98. The Morgan fingerprint density at radius 1 is 1.16 bits per heavy atom. The number of thiazole rings is 1. The van der Waals surface area contributed by atoms with Crippen molar-refractivity contribution in [2.75, 3.05) is 5.32 Å². The molecule has 0 bridgehead atoms. The number of nitrogens with zero attached hydrogens (tertiary/aromatic N) is 3. The molecule has 164 valence electrons. The van der Waals surface area contributed by atoms with Crippen molar-refractivity contribution < 1.29 is 13.9 Å². The minimum absolute atomic E-state index is 0.0929. The fourth-order valence-electron chi connectivity index (χ4n) is 2.64. The molecule has 0 aliphatic carbocycles. The van der Waals surface area contributed by atoms with Gasteiger partial charge in [-0.15, -0.1) is 21.5 Å². The van der Waals surface area contributed by atoms with Gasteiger partial charge >= 0.3 is 0 Å². The van der Waals surface area contributed by atoms with E-state index in [0.717, 1.165) is 22.0 Å². The zero-order chi connectivity index (χ0) is 22.3. The van der Waals surface area contributed by atoms with Crippen LogP contribution in [0.25, 0.3) is 0 Å². The predicted octanol–water partition coefficient (Wildman–Crippen LogP) is 5.54. The molecule has 2 heterocycles. The molecule has 4 rings (SSSR count). The maximum absolute atomic E-state index is 12.2. The number of aryl methyl sites for hydroxylation is 1. The summed E-state index contributed by atoms with van der Waals surface area (Å²) in [6.45, 7) is 2.18. The molecule has 0 saturated carbocycles. The lowest BCUT2D eigenvalue weighted by Crippen LogP contribution is -2.14. The van der Waals surface area contributed by atoms with Crippen LogP contribution in [-0.2, 0) is 23.6 Å². The van der Waals surface area contributed by atoms with Gasteiger partial charge in [-0.1, -0.05) is 41.1 Å². The summed E-state index contributed by atoms with van der Waals surface area (Å²) in [5, 5.41) is 14.7. The molecular weight excluding hydrogens is 468 g/mol. The van der Waals surface area contributed by atoms with Crippen LogP contribution in [0.4, 0.5) is 5.69 Å². The molecule has 32 heavy (non-hydrogen) atoms. The summed E-state index contributed by atoms with van der Waals surface area (Å²) < 4.78 is 11.2. The number of halogens is 1. The van der Waals surface area contributed by atoms with E-state index in [1.165, 1.54) is 23.1 Å². The predicted molar refractivity (Wildman–Crippen MR) is 125 cm³/mol. The van der Waals surface area contributed by atoms with E-state index in [0.29, 0.717) is 27.6 Å². The van der Waals surface area contributed by atoms with Gasteiger partial charge < -0.3 is 14.5 Å². The second kappa shape index (κ2) is 10.6. The van der Waals surface area contributed by atoms with E-state index in [1.807, 2.05) is 36.6 Å². The molecule has 7 nitrogen and oxygen atoms in total. The lowest BCUT2D eigenvalue weighted by Gasteiger charge is -2.04. The topological polar surface area (TPSA) is 90.1 Å². The number of nitrogens with one attached hydrogen (secondary N) is 1. The fourth-order valence-corrected chi connectivity index (χ4v) is 4.34. The summed E-state index contributed by atoms with van der Waals surface area (Å²) in [7, 11) is 0. The summed E-state index contributed by atoms with van der Waals surface area (Å²) in [6, 6.07) is 14.7. The van der Waals surface area contributed by atoms with E-state index in [2.05, 4.69) is 20.5 Å². The van der Waals surface area contributed by atoms with E-state index < -0.39 is 0 Å². The number of thioether (sulfide) groups is 1. The van der Waals surface area contributed by atoms with Crippen molar-refractivity contribution in [1.29, 1.82) is 0 Å². The Labute approximate surface area is 198 Å². The van der Waals surface area contributed by atoms with Crippen LogP contribution in [0, 0.1) is 6.92 Å². The second-order valence-corrected chi connectivity index (χ2v) is 9.12. The van der Waals surface area contributed by atoms with Gasteiger partial charge in [0, 0.05) is 21.8 Å². The number of carbonyl (C=O) groups excluding carboxylic acids is 1. The smallest absolute Gasteiger partial charge is 0.277 e. The third-order valence-electron chi connectivity index (χ3n) is 4.21. The van der Waals surface area contributed by atoms with Crippen LogP contribution >= 0.6 is 34.7 Å². The monoisotopic (exact) mass is 486 g/mol. The van der Waals surface area contributed by atoms with E-state index >= 15 is 0 Å². The van der Waals surface area contributed by atoms with Crippen molar-refractivity contribution >= 4 is 46.3 Å². The van der Waals surface area contributed by atoms with Crippen molar-refractivity contribution in [1.82, 2.24) is 15.2 Å². The Morgan fingerprint density at radius 3 is 2.72 bits per heavy atom. The molecule has 0 radical (unpaired) electrons. The molecule has 0 atom stereocenters. The van der Waals surface area contributed by atoms with Gasteiger partial charge in [-0.2, -0.15) is 0 Å². The first kappa shape index (κ1) is 22.3. The molecule has 0 fully saturated rings. The number of rotatable bonds is 9.